The Morgan fingerprint density at radius 3 is 2.81 bits per heavy atom. The summed E-state index contributed by atoms with van der Waals surface area (Å²) in [7, 11) is 0. The van der Waals surface area contributed by atoms with E-state index in [0.29, 0.717) is 41.1 Å². The highest BCUT2D eigenvalue weighted by atomic mass is 35.5. The fourth-order valence-corrected chi connectivity index (χ4v) is 3.26. The van der Waals surface area contributed by atoms with Crippen LogP contribution >= 0.6 is 23.2 Å². The highest BCUT2D eigenvalue weighted by Crippen LogP contribution is 2.30. The number of rotatable bonds is 5. The second kappa shape index (κ2) is 8.43. The molecule has 3 rings (SSSR count). The van der Waals surface area contributed by atoms with Crippen LogP contribution in [0.5, 0.6) is 5.75 Å². The molecular formula is C19H18Cl2N2O3. The normalized spacial score (nSPS) is 13.6. The van der Waals surface area contributed by atoms with Gasteiger partial charge in [0.15, 0.2) is 0 Å². The average Bonchev–Trinajstić information content (AvgIpc) is 2.76. The van der Waals surface area contributed by atoms with Crippen molar-refractivity contribution >= 4 is 40.7 Å². The lowest BCUT2D eigenvalue weighted by Gasteiger charge is -2.21. The average molecular weight is 393 g/mol. The molecule has 0 aromatic heterocycles. The van der Waals surface area contributed by atoms with Gasteiger partial charge < -0.3 is 10.1 Å². The highest BCUT2D eigenvalue weighted by molar-refractivity contribution is 6.35. The number of hydrogen-bond donors (Lipinski definition) is 1. The standard InChI is InChI=1S/C19H18Cl2N2O3/c20-14-6-5-13(15(21)11-14)7-9-22-18(24)12-23-16-3-1-2-4-17(16)26-10-8-19(23)25/h1-6,11H,7-10,12H2,(H,22,24). The molecule has 26 heavy (non-hydrogen) atoms. The third-order valence-electron chi connectivity index (χ3n) is 4.06. The van der Waals surface area contributed by atoms with Crippen LogP contribution in [0.3, 0.4) is 0 Å². The van der Waals surface area contributed by atoms with Crippen LogP contribution in [0.4, 0.5) is 5.69 Å². The molecule has 1 N–H and O–H groups in total. The van der Waals surface area contributed by atoms with Crippen LogP contribution in [0.25, 0.3) is 0 Å². The van der Waals surface area contributed by atoms with E-state index in [1.165, 1.54) is 4.90 Å². The molecule has 2 amide bonds. The summed E-state index contributed by atoms with van der Waals surface area (Å²) in [5.41, 5.74) is 1.52. The molecule has 0 bridgehead atoms. The molecule has 0 saturated carbocycles. The molecule has 5 nitrogen and oxygen atoms in total. The largest absolute Gasteiger partial charge is 0.491 e. The summed E-state index contributed by atoms with van der Waals surface area (Å²) in [4.78, 5) is 26.1. The first-order chi connectivity index (χ1) is 12.5. The van der Waals surface area contributed by atoms with Crippen LogP contribution in [0.1, 0.15) is 12.0 Å². The van der Waals surface area contributed by atoms with Crippen LogP contribution in [-0.4, -0.2) is 31.5 Å². The van der Waals surface area contributed by atoms with E-state index < -0.39 is 0 Å². The van der Waals surface area contributed by atoms with Crippen LogP contribution in [0, 0.1) is 0 Å². The lowest BCUT2D eigenvalue weighted by Crippen LogP contribution is -2.41. The maximum absolute atomic E-state index is 12.3. The topological polar surface area (TPSA) is 58.6 Å². The molecule has 2 aromatic rings. The van der Waals surface area contributed by atoms with Crippen molar-refractivity contribution in [2.75, 3.05) is 24.6 Å². The Labute approximate surface area is 161 Å². The van der Waals surface area contributed by atoms with Gasteiger partial charge in [-0.3, -0.25) is 14.5 Å². The fourth-order valence-electron chi connectivity index (χ4n) is 2.75. The van der Waals surface area contributed by atoms with Gasteiger partial charge in [0.1, 0.15) is 12.3 Å². The maximum Gasteiger partial charge on any atom is 0.240 e. The first-order valence-corrected chi connectivity index (χ1v) is 9.03. The number of carbonyl (C=O) groups excluding carboxylic acids is 2. The van der Waals surface area contributed by atoms with Crippen LogP contribution in [-0.2, 0) is 16.0 Å². The summed E-state index contributed by atoms with van der Waals surface area (Å²) in [6.45, 7) is 0.678. The van der Waals surface area contributed by atoms with Crippen molar-refractivity contribution in [3.63, 3.8) is 0 Å². The molecule has 0 atom stereocenters. The summed E-state index contributed by atoms with van der Waals surface area (Å²) < 4.78 is 5.57. The number of fused-ring (bicyclic) bond motifs is 1. The second-order valence-corrected chi connectivity index (χ2v) is 6.73. The first-order valence-electron chi connectivity index (χ1n) is 8.27. The van der Waals surface area contributed by atoms with Gasteiger partial charge in [0.05, 0.1) is 18.7 Å². The smallest absolute Gasteiger partial charge is 0.240 e. The zero-order valence-corrected chi connectivity index (χ0v) is 15.5. The molecular weight excluding hydrogens is 375 g/mol. The SMILES string of the molecule is O=C(CN1C(=O)CCOc2ccccc21)NCCc1ccc(Cl)cc1Cl. The maximum atomic E-state index is 12.3. The van der Waals surface area contributed by atoms with Crippen LogP contribution < -0.4 is 15.0 Å². The number of anilines is 1. The van der Waals surface area contributed by atoms with E-state index in [4.69, 9.17) is 27.9 Å². The van der Waals surface area contributed by atoms with Crippen molar-refractivity contribution in [1.82, 2.24) is 5.32 Å². The van der Waals surface area contributed by atoms with Gasteiger partial charge >= 0.3 is 0 Å². The zero-order chi connectivity index (χ0) is 18.5. The Morgan fingerprint density at radius 1 is 1.19 bits per heavy atom. The highest BCUT2D eigenvalue weighted by Gasteiger charge is 2.24. The molecule has 0 radical (unpaired) electrons. The van der Waals surface area contributed by atoms with Crippen LogP contribution in [0.2, 0.25) is 10.0 Å². The van der Waals surface area contributed by atoms with Crippen molar-refractivity contribution in [2.24, 2.45) is 0 Å². The minimum atomic E-state index is -0.236. The van der Waals surface area contributed by atoms with Crippen molar-refractivity contribution in [3.05, 3.63) is 58.1 Å². The number of ether oxygens (including phenoxy) is 1. The van der Waals surface area contributed by atoms with E-state index in [0.717, 1.165) is 5.56 Å². The van der Waals surface area contributed by atoms with E-state index in [1.807, 2.05) is 18.2 Å². The lowest BCUT2D eigenvalue weighted by molar-refractivity contribution is -0.123. The Bertz CT molecular complexity index is 826. The monoisotopic (exact) mass is 392 g/mol. The minimum absolute atomic E-state index is 0.0481. The number of halogens is 2. The summed E-state index contributed by atoms with van der Waals surface area (Å²) in [6, 6.07) is 12.5. The van der Waals surface area contributed by atoms with Crippen LogP contribution in [0.15, 0.2) is 42.5 Å². The van der Waals surface area contributed by atoms with Gasteiger partial charge in [0, 0.05) is 16.6 Å². The summed E-state index contributed by atoms with van der Waals surface area (Å²) in [5.74, 6) is 0.241. The molecule has 0 unspecified atom stereocenters. The Balaban J connectivity index is 1.60. The van der Waals surface area contributed by atoms with Crippen molar-refractivity contribution in [3.8, 4) is 5.75 Å². The van der Waals surface area contributed by atoms with Gasteiger partial charge in [-0.1, -0.05) is 41.4 Å². The van der Waals surface area contributed by atoms with Gasteiger partial charge in [0.2, 0.25) is 11.8 Å². The van der Waals surface area contributed by atoms with Gasteiger partial charge in [-0.05, 0) is 36.2 Å². The predicted octanol–water partition coefficient (Wildman–Crippen LogP) is 3.47. The Morgan fingerprint density at radius 2 is 2.00 bits per heavy atom. The summed E-state index contributed by atoms with van der Waals surface area (Å²) in [6.07, 6.45) is 0.817. The van der Waals surface area contributed by atoms with Gasteiger partial charge in [-0.2, -0.15) is 0 Å². The number of hydrogen-bond acceptors (Lipinski definition) is 3. The Kier molecular flexibility index (Phi) is 6.01. The number of nitrogens with zero attached hydrogens (tertiary/aromatic N) is 1. The third kappa shape index (κ3) is 4.48. The van der Waals surface area contributed by atoms with Gasteiger partial charge in [-0.15, -0.1) is 0 Å². The van der Waals surface area contributed by atoms with Crippen molar-refractivity contribution in [2.45, 2.75) is 12.8 Å². The van der Waals surface area contributed by atoms with E-state index in [1.54, 1.807) is 24.3 Å². The summed E-state index contributed by atoms with van der Waals surface area (Å²) >= 11 is 12.0. The van der Waals surface area contributed by atoms with E-state index in [2.05, 4.69) is 5.32 Å². The fraction of sp³-hybridized carbons (Fsp3) is 0.263. The molecule has 136 valence electrons. The lowest BCUT2D eigenvalue weighted by atomic mass is 10.1. The van der Waals surface area contributed by atoms with E-state index >= 15 is 0 Å². The van der Waals surface area contributed by atoms with Crippen molar-refractivity contribution in [1.29, 1.82) is 0 Å². The molecule has 1 aliphatic heterocycles. The molecule has 2 aromatic carbocycles. The number of benzene rings is 2. The molecule has 7 heteroatoms. The number of para-hydroxylation sites is 2. The zero-order valence-electron chi connectivity index (χ0n) is 14.0. The van der Waals surface area contributed by atoms with Gasteiger partial charge in [0.25, 0.3) is 0 Å². The number of carbonyl (C=O) groups is 2. The molecule has 0 saturated heterocycles. The number of nitrogens with one attached hydrogen (secondary N) is 1. The Hall–Kier alpha value is -2.24. The molecule has 0 fully saturated rings. The predicted molar refractivity (Wildman–Crippen MR) is 102 cm³/mol. The molecule has 0 aliphatic carbocycles. The minimum Gasteiger partial charge on any atom is -0.491 e. The van der Waals surface area contributed by atoms with E-state index in [-0.39, 0.29) is 24.8 Å². The van der Waals surface area contributed by atoms with Gasteiger partial charge in [-0.25, -0.2) is 0 Å². The quantitative estimate of drug-likeness (QED) is 0.847. The third-order valence-corrected chi connectivity index (χ3v) is 4.65. The molecule has 1 heterocycles. The summed E-state index contributed by atoms with van der Waals surface area (Å²) in [5, 5.41) is 3.97. The van der Waals surface area contributed by atoms with Crippen molar-refractivity contribution < 1.29 is 14.3 Å². The molecule has 1 aliphatic rings. The number of amides is 2. The molecule has 0 spiro atoms. The first kappa shape index (κ1) is 18.5. The second-order valence-electron chi connectivity index (χ2n) is 5.88. The van der Waals surface area contributed by atoms with E-state index in [9.17, 15) is 9.59 Å².